The van der Waals surface area contributed by atoms with Crippen LogP contribution in [0.4, 0.5) is 0 Å². The van der Waals surface area contributed by atoms with Crippen molar-refractivity contribution in [2.75, 3.05) is 6.54 Å². The average molecular weight is 261 g/mol. The van der Waals surface area contributed by atoms with Crippen molar-refractivity contribution in [1.29, 1.82) is 0 Å². The fraction of sp³-hybridized carbons (Fsp3) is 0.812. The van der Waals surface area contributed by atoms with Crippen molar-refractivity contribution in [3.05, 3.63) is 18.0 Å². The van der Waals surface area contributed by atoms with Crippen LogP contribution in [-0.4, -0.2) is 16.3 Å². The molecule has 0 bridgehead atoms. The van der Waals surface area contributed by atoms with Gasteiger partial charge in [-0.05, 0) is 43.6 Å². The summed E-state index contributed by atoms with van der Waals surface area (Å²) < 4.78 is 2.20. The molecule has 1 aromatic rings. The van der Waals surface area contributed by atoms with E-state index in [1.165, 1.54) is 63.6 Å². The van der Waals surface area contributed by atoms with Crippen LogP contribution in [0.3, 0.4) is 0 Å². The summed E-state index contributed by atoms with van der Waals surface area (Å²) in [7, 11) is 0. The third-order valence-electron chi connectivity index (χ3n) is 5.33. The quantitative estimate of drug-likeness (QED) is 0.846. The van der Waals surface area contributed by atoms with Gasteiger partial charge >= 0.3 is 0 Å². The smallest absolute Gasteiger partial charge is 0.0762 e. The minimum absolute atomic E-state index is 0.605. The first-order valence-electron chi connectivity index (χ1n) is 8.06. The zero-order valence-electron chi connectivity index (χ0n) is 12.2. The molecule has 3 rings (SSSR count). The number of rotatable bonds is 6. The second-order valence-electron chi connectivity index (χ2n) is 6.54. The van der Waals surface area contributed by atoms with E-state index in [9.17, 15) is 0 Å². The van der Waals surface area contributed by atoms with E-state index in [1.807, 2.05) is 0 Å². The number of nitrogens with zero attached hydrogens (tertiary/aromatic N) is 2. The third-order valence-corrected chi connectivity index (χ3v) is 5.33. The van der Waals surface area contributed by atoms with Crippen molar-refractivity contribution < 1.29 is 0 Å². The summed E-state index contributed by atoms with van der Waals surface area (Å²) in [5.41, 5.74) is 1.81. The summed E-state index contributed by atoms with van der Waals surface area (Å²) in [6, 6.07) is 2.85. The van der Waals surface area contributed by atoms with E-state index in [4.69, 9.17) is 5.10 Å². The maximum atomic E-state index is 4.74. The van der Waals surface area contributed by atoms with Crippen molar-refractivity contribution in [3.63, 3.8) is 0 Å². The molecular formula is C16H27N3. The van der Waals surface area contributed by atoms with Gasteiger partial charge in [-0.3, -0.25) is 4.68 Å². The lowest BCUT2D eigenvalue weighted by Crippen LogP contribution is -2.39. The molecule has 2 aliphatic carbocycles. The van der Waals surface area contributed by atoms with Gasteiger partial charge in [0.1, 0.15) is 0 Å². The highest BCUT2D eigenvalue weighted by Crippen LogP contribution is 2.43. The van der Waals surface area contributed by atoms with Crippen molar-refractivity contribution in [3.8, 4) is 0 Å². The summed E-state index contributed by atoms with van der Waals surface area (Å²) in [4.78, 5) is 0. The molecule has 2 aliphatic rings. The maximum absolute atomic E-state index is 4.74. The predicted octanol–water partition coefficient (Wildman–Crippen LogP) is 3.67. The summed E-state index contributed by atoms with van der Waals surface area (Å²) in [5, 5.41) is 8.36. The molecule has 0 unspecified atom stereocenters. The molecule has 3 heteroatoms. The number of nitrogens with one attached hydrogen (secondary N) is 1. The fourth-order valence-electron chi connectivity index (χ4n) is 3.63. The first-order valence-corrected chi connectivity index (χ1v) is 8.06. The molecule has 0 atom stereocenters. The highest BCUT2D eigenvalue weighted by Gasteiger charge is 2.34. The van der Waals surface area contributed by atoms with Gasteiger partial charge in [-0.2, -0.15) is 5.10 Å². The van der Waals surface area contributed by atoms with E-state index in [0.717, 1.165) is 6.54 Å². The van der Waals surface area contributed by atoms with Gasteiger partial charge in [-0.15, -0.1) is 0 Å². The summed E-state index contributed by atoms with van der Waals surface area (Å²) in [6.45, 7) is 4.43. The molecule has 0 aliphatic heterocycles. The molecule has 0 radical (unpaired) electrons. The van der Waals surface area contributed by atoms with E-state index in [-0.39, 0.29) is 0 Å². The predicted molar refractivity (Wildman–Crippen MR) is 78.0 cm³/mol. The summed E-state index contributed by atoms with van der Waals surface area (Å²) in [6.07, 6.45) is 13.1. The molecule has 2 fully saturated rings. The molecule has 1 aromatic heterocycles. The number of hydrogen-bond acceptors (Lipinski definition) is 2. The Labute approximate surface area is 116 Å². The molecule has 19 heavy (non-hydrogen) atoms. The lowest BCUT2D eigenvalue weighted by molar-refractivity contribution is 0.123. The van der Waals surface area contributed by atoms with Crippen LogP contribution in [0.1, 0.15) is 70.0 Å². The lowest BCUT2D eigenvalue weighted by atomic mass is 9.67. The zero-order chi connectivity index (χ0) is 13.1. The van der Waals surface area contributed by atoms with Crippen LogP contribution in [0.15, 0.2) is 12.3 Å². The summed E-state index contributed by atoms with van der Waals surface area (Å²) >= 11 is 0. The van der Waals surface area contributed by atoms with Crippen LogP contribution >= 0.6 is 0 Å². The van der Waals surface area contributed by atoms with Crippen molar-refractivity contribution >= 4 is 0 Å². The van der Waals surface area contributed by atoms with Gasteiger partial charge in [-0.1, -0.05) is 26.2 Å². The Morgan fingerprint density at radius 2 is 2.11 bits per heavy atom. The Morgan fingerprint density at radius 1 is 1.32 bits per heavy atom. The molecule has 0 aromatic carbocycles. The van der Waals surface area contributed by atoms with Gasteiger partial charge in [0.05, 0.1) is 11.7 Å². The molecule has 0 spiro atoms. The van der Waals surface area contributed by atoms with Gasteiger partial charge in [0.2, 0.25) is 0 Å². The zero-order valence-corrected chi connectivity index (χ0v) is 12.2. The van der Waals surface area contributed by atoms with Crippen LogP contribution < -0.4 is 5.32 Å². The van der Waals surface area contributed by atoms with Gasteiger partial charge < -0.3 is 5.32 Å². The van der Waals surface area contributed by atoms with Crippen LogP contribution in [0, 0.1) is 5.41 Å². The molecule has 0 amide bonds. The molecule has 3 nitrogen and oxygen atoms in total. The van der Waals surface area contributed by atoms with Crippen molar-refractivity contribution in [1.82, 2.24) is 15.1 Å². The second kappa shape index (κ2) is 5.66. The maximum Gasteiger partial charge on any atom is 0.0762 e. The SMILES string of the molecule is CCC1(CNCc2ccn(C3CCCC3)n2)CCC1. The van der Waals surface area contributed by atoms with Crippen LogP contribution in [-0.2, 0) is 6.54 Å². The van der Waals surface area contributed by atoms with Crippen molar-refractivity contribution in [2.24, 2.45) is 5.41 Å². The van der Waals surface area contributed by atoms with Crippen molar-refractivity contribution in [2.45, 2.75) is 70.9 Å². The minimum Gasteiger partial charge on any atom is -0.311 e. The fourth-order valence-corrected chi connectivity index (χ4v) is 3.63. The van der Waals surface area contributed by atoms with E-state index in [2.05, 4.69) is 29.2 Å². The first-order chi connectivity index (χ1) is 9.31. The van der Waals surface area contributed by atoms with Crippen LogP contribution in [0.2, 0.25) is 0 Å². The summed E-state index contributed by atoms with van der Waals surface area (Å²) in [5.74, 6) is 0. The largest absolute Gasteiger partial charge is 0.311 e. The molecule has 0 saturated heterocycles. The Morgan fingerprint density at radius 3 is 2.74 bits per heavy atom. The van der Waals surface area contributed by atoms with E-state index >= 15 is 0 Å². The average Bonchev–Trinajstić information content (AvgIpc) is 3.02. The molecule has 1 N–H and O–H groups in total. The van der Waals surface area contributed by atoms with Gasteiger partial charge in [0.15, 0.2) is 0 Å². The van der Waals surface area contributed by atoms with Gasteiger partial charge in [0.25, 0.3) is 0 Å². The van der Waals surface area contributed by atoms with E-state index in [1.54, 1.807) is 0 Å². The molecular weight excluding hydrogens is 234 g/mol. The molecule has 2 saturated carbocycles. The Hall–Kier alpha value is -0.830. The Balaban J connectivity index is 1.47. The monoisotopic (exact) mass is 261 g/mol. The Kier molecular flexibility index (Phi) is 3.92. The van der Waals surface area contributed by atoms with E-state index < -0.39 is 0 Å². The van der Waals surface area contributed by atoms with E-state index in [0.29, 0.717) is 11.5 Å². The molecule has 106 valence electrons. The third kappa shape index (κ3) is 2.86. The first kappa shape index (κ1) is 13.2. The Bertz CT molecular complexity index is 394. The standard InChI is InChI=1S/C16H27N3/c1-2-16(9-5-10-16)13-17-12-14-8-11-19(18-14)15-6-3-4-7-15/h8,11,15,17H,2-7,9-10,12-13H2,1H3. The highest BCUT2D eigenvalue weighted by atomic mass is 15.3. The normalized spacial score (nSPS) is 22.6. The minimum atomic E-state index is 0.605. The topological polar surface area (TPSA) is 29.9 Å². The second-order valence-corrected chi connectivity index (χ2v) is 6.54. The van der Waals surface area contributed by atoms with Crippen LogP contribution in [0.5, 0.6) is 0 Å². The lowest BCUT2D eigenvalue weighted by Gasteiger charge is -2.41. The number of hydrogen-bond donors (Lipinski definition) is 1. The van der Waals surface area contributed by atoms with Gasteiger partial charge in [-0.25, -0.2) is 0 Å². The number of aromatic nitrogens is 2. The van der Waals surface area contributed by atoms with Gasteiger partial charge in [0, 0.05) is 19.3 Å². The highest BCUT2D eigenvalue weighted by molar-refractivity contribution is 5.00. The van der Waals surface area contributed by atoms with Crippen LogP contribution in [0.25, 0.3) is 0 Å². The molecule has 1 heterocycles.